The van der Waals surface area contributed by atoms with Crippen LogP contribution in [0.3, 0.4) is 0 Å². The minimum absolute atomic E-state index is 0.105. The van der Waals surface area contributed by atoms with Crippen LogP contribution in [0.25, 0.3) is 0 Å². The topological polar surface area (TPSA) is 68.9 Å². The van der Waals surface area contributed by atoms with Crippen LogP contribution in [-0.2, 0) is 18.4 Å². The van der Waals surface area contributed by atoms with Gasteiger partial charge in [0.15, 0.2) is 0 Å². The molecule has 1 heterocycles. The van der Waals surface area contributed by atoms with Gasteiger partial charge in [-0.3, -0.25) is 9.36 Å². The van der Waals surface area contributed by atoms with Crippen molar-refractivity contribution in [2.75, 3.05) is 5.32 Å². The number of aromatic nitrogens is 3. The fourth-order valence-corrected chi connectivity index (χ4v) is 1.83. The van der Waals surface area contributed by atoms with Gasteiger partial charge in [0.05, 0.1) is 0 Å². The molecule has 0 bridgehead atoms. The van der Waals surface area contributed by atoms with Gasteiger partial charge in [0.25, 0.3) is 0 Å². The van der Waals surface area contributed by atoms with E-state index in [4.69, 9.17) is 0 Å². The summed E-state index contributed by atoms with van der Waals surface area (Å²) in [6.45, 7) is -0.105. The molecule has 2 aromatic rings. The molecule has 0 aliphatic carbocycles. The van der Waals surface area contributed by atoms with Gasteiger partial charge in [-0.2, -0.15) is 5.10 Å². The lowest BCUT2D eigenvalue weighted by atomic mass is 10.3. The lowest BCUT2D eigenvalue weighted by Gasteiger charge is -2.04. The van der Waals surface area contributed by atoms with E-state index in [0.717, 1.165) is 9.15 Å². The van der Waals surface area contributed by atoms with E-state index in [1.54, 1.807) is 19.2 Å². The zero-order valence-electron chi connectivity index (χ0n) is 9.63. The van der Waals surface area contributed by atoms with Crippen LogP contribution in [0.1, 0.15) is 0 Å². The molecule has 0 fully saturated rings. The maximum absolute atomic E-state index is 11.7. The van der Waals surface area contributed by atoms with E-state index in [1.165, 1.54) is 10.9 Å². The van der Waals surface area contributed by atoms with E-state index in [0.29, 0.717) is 5.69 Å². The minimum atomic E-state index is -0.320. The molecule has 1 N–H and O–H groups in total. The van der Waals surface area contributed by atoms with Gasteiger partial charge >= 0.3 is 5.69 Å². The minimum Gasteiger partial charge on any atom is -0.324 e. The van der Waals surface area contributed by atoms with Crippen LogP contribution in [0.5, 0.6) is 0 Å². The van der Waals surface area contributed by atoms with Gasteiger partial charge < -0.3 is 5.32 Å². The third kappa shape index (κ3) is 2.86. The number of hydrogen-bond acceptors (Lipinski definition) is 3. The van der Waals surface area contributed by atoms with E-state index in [9.17, 15) is 9.59 Å². The Kier molecular flexibility index (Phi) is 3.61. The molecule has 6 nitrogen and oxygen atoms in total. The van der Waals surface area contributed by atoms with Gasteiger partial charge in [-0.1, -0.05) is 22.0 Å². The monoisotopic (exact) mass is 310 g/mol. The van der Waals surface area contributed by atoms with Crippen molar-refractivity contribution in [2.45, 2.75) is 6.54 Å². The van der Waals surface area contributed by atoms with E-state index < -0.39 is 0 Å². The number of aryl methyl sites for hydroxylation is 1. The third-order valence-electron chi connectivity index (χ3n) is 2.29. The summed E-state index contributed by atoms with van der Waals surface area (Å²) in [5.74, 6) is -0.297. The Bertz CT molecular complexity index is 632. The first kappa shape index (κ1) is 12.6. The summed E-state index contributed by atoms with van der Waals surface area (Å²) in [6.07, 6.45) is 1.37. The molecule has 1 aromatic heterocycles. The molecule has 2 rings (SSSR count). The molecular weight excluding hydrogens is 300 g/mol. The first-order valence-corrected chi connectivity index (χ1v) is 5.99. The summed E-state index contributed by atoms with van der Waals surface area (Å²) in [5.41, 5.74) is 0.345. The summed E-state index contributed by atoms with van der Waals surface area (Å²) < 4.78 is 3.29. The highest BCUT2D eigenvalue weighted by atomic mass is 79.9. The highest BCUT2D eigenvalue weighted by molar-refractivity contribution is 9.10. The van der Waals surface area contributed by atoms with Crippen molar-refractivity contribution < 1.29 is 4.79 Å². The van der Waals surface area contributed by atoms with E-state index in [2.05, 4.69) is 26.3 Å². The molecule has 0 spiro atoms. The molecule has 1 amide bonds. The molecule has 0 unspecified atom stereocenters. The van der Waals surface area contributed by atoms with Crippen molar-refractivity contribution in [1.82, 2.24) is 14.3 Å². The molecular formula is C11H11BrN4O2. The van der Waals surface area contributed by atoms with Gasteiger partial charge in [0.1, 0.15) is 12.9 Å². The average Bonchev–Trinajstić information content (AvgIpc) is 2.61. The van der Waals surface area contributed by atoms with Crippen LogP contribution < -0.4 is 11.0 Å². The van der Waals surface area contributed by atoms with Gasteiger partial charge in [0.2, 0.25) is 5.91 Å². The van der Waals surface area contributed by atoms with Crippen LogP contribution >= 0.6 is 15.9 Å². The van der Waals surface area contributed by atoms with Crippen molar-refractivity contribution in [3.8, 4) is 0 Å². The molecule has 18 heavy (non-hydrogen) atoms. The van der Waals surface area contributed by atoms with Crippen LogP contribution in [0, 0.1) is 0 Å². The first-order valence-electron chi connectivity index (χ1n) is 5.20. The van der Waals surface area contributed by atoms with Gasteiger partial charge in [-0.15, -0.1) is 0 Å². The number of carbonyl (C=O) groups excluding carboxylic acids is 1. The Morgan fingerprint density at radius 3 is 2.89 bits per heavy atom. The van der Waals surface area contributed by atoms with Crippen LogP contribution in [0.2, 0.25) is 0 Å². The lowest BCUT2D eigenvalue weighted by molar-refractivity contribution is -0.117. The number of anilines is 1. The number of carbonyl (C=O) groups is 1. The van der Waals surface area contributed by atoms with E-state index >= 15 is 0 Å². The summed E-state index contributed by atoms with van der Waals surface area (Å²) in [7, 11) is 1.58. The lowest BCUT2D eigenvalue weighted by Crippen LogP contribution is -2.29. The molecule has 1 aromatic carbocycles. The Labute approximate surface area is 111 Å². The number of rotatable bonds is 3. The number of nitrogens with zero attached hydrogens (tertiary/aromatic N) is 3. The van der Waals surface area contributed by atoms with Gasteiger partial charge in [0, 0.05) is 17.2 Å². The molecule has 0 aliphatic heterocycles. The highest BCUT2D eigenvalue weighted by Gasteiger charge is 2.08. The van der Waals surface area contributed by atoms with Crippen molar-refractivity contribution in [2.24, 2.45) is 7.05 Å². The maximum Gasteiger partial charge on any atom is 0.345 e. The molecule has 0 saturated carbocycles. The standard InChI is InChI=1S/C11H11BrN4O2/c1-15-7-13-16(11(15)18)6-10(17)14-9-4-2-3-8(12)5-9/h2-5,7H,6H2,1H3,(H,14,17). The quantitative estimate of drug-likeness (QED) is 0.919. The molecule has 0 aliphatic rings. The summed E-state index contributed by atoms with van der Waals surface area (Å²) in [6, 6.07) is 7.22. The number of hydrogen-bond donors (Lipinski definition) is 1. The maximum atomic E-state index is 11.7. The SMILES string of the molecule is Cn1cnn(CC(=O)Nc2cccc(Br)c2)c1=O. The predicted molar refractivity (Wildman–Crippen MR) is 70.2 cm³/mol. The van der Waals surface area contributed by atoms with Crippen LogP contribution in [-0.4, -0.2) is 20.3 Å². The van der Waals surface area contributed by atoms with Gasteiger partial charge in [-0.05, 0) is 18.2 Å². The number of amides is 1. The van der Waals surface area contributed by atoms with Gasteiger partial charge in [-0.25, -0.2) is 9.48 Å². The molecule has 0 radical (unpaired) electrons. The van der Waals surface area contributed by atoms with Crippen LogP contribution in [0.4, 0.5) is 5.69 Å². The Morgan fingerprint density at radius 1 is 1.50 bits per heavy atom. The Morgan fingerprint density at radius 2 is 2.28 bits per heavy atom. The normalized spacial score (nSPS) is 10.3. The summed E-state index contributed by atoms with van der Waals surface area (Å²) in [5, 5.41) is 6.50. The molecule has 7 heteroatoms. The number of halogens is 1. The number of benzene rings is 1. The zero-order valence-corrected chi connectivity index (χ0v) is 11.2. The van der Waals surface area contributed by atoms with Crippen LogP contribution in [0.15, 0.2) is 39.9 Å². The molecule has 0 saturated heterocycles. The smallest absolute Gasteiger partial charge is 0.324 e. The van der Waals surface area contributed by atoms with Crippen molar-refractivity contribution in [1.29, 1.82) is 0 Å². The second-order valence-electron chi connectivity index (χ2n) is 3.74. The Hall–Kier alpha value is -1.89. The second-order valence-corrected chi connectivity index (χ2v) is 4.66. The largest absolute Gasteiger partial charge is 0.345 e. The fourth-order valence-electron chi connectivity index (χ4n) is 1.43. The highest BCUT2D eigenvalue weighted by Crippen LogP contribution is 2.15. The zero-order chi connectivity index (χ0) is 13.1. The number of nitrogens with one attached hydrogen (secondary N) is 1. The molecule has 94 valence electrons. The third-order valence-corrected chi connectivity index (χ3v) is 2.78. The fraction of sp³-hybridized carbons (Fsp3) is 0.182. The molecule has 0 atom stereocenters. The van der Waals surface area contributed by atoms with Crippen molar-refractivity contribution in [3.63, 3.8) is 0 Å². The van der Waals surface area contributed by atoms with E-state index in [1.807, 2.05) is 12.1 Å². The Balaban J connectivity index is 2.05. The predicted octanol–water partition coefficient (Wildman–Crippen LogP) is 0.983. The van der Waals surface area contributed by atoms with Crippen molar-refractivity contribution in [3.05, 3.63) is 45.5 Å². The average molecular weight is 311 g/mol. The van der Waals surface area contributed by atoms with Crippen molar-refractivity contribution >= 4 is 27.5 Å². The summed E-state index contributed by atoms with van der Waals surface area (Å²) >= 11 is 3.31. The summed E-state index contributed by atoms with van der Waals surface area (Å²) in [4.78, 5) is 23.2. The van der Waals surface area contributed by atoms with E-state index in [-0.39, 0.29) is 18.1 Å². The second kappa shape index (κ2) is 5.18. The first-order chi connectivity index (χ1) is 8.56.